The fourth-order valence-electron chi connectivity index (χ4n) is 11.3. The Morgan fingerprint density at radius 1 is 0.614 bits per heavy atom. The van der Waals surface area contributed by atoms with Crippen molar-refractivity contribution < 1.29 is 33.6 Å². The predicted octanol–water partition coefficient (Wildman–Crippen LogP) is 11.2. The van der Waals surface area contributed by atoms with Crippen molar-refractivity contribution in [1.82, 2.24) is 0 Å². The number of ether oxygens (including phenoxy) is 4. The molecule has 0 radical (unpaired) electrons. The van der Waals surface area contributed by atoms with Crippen LogP contribution in [-0.4, -0.2) is 35.2 Å². The zero-order chi connectivity index (χ0) is 39.2. The zero-order valence-corrected chi connectivity index (χ0v) is 33.6. The van der Waals surface area contributed by atoms with Gasteiger partial charge in [-0.3, -0.25) is 9.59 Å². The molecule has 0 bridgehead atoms. The summed E-state index contributed by atoms with van der Waals surface area (Å²) in [6.07, 6.45) is 17.3. The summed E-state index contributed by atoms with van der Waals surface area (Å²) in [6.45, 7) is 4.65. The van der Waals surface area contributed by atoms with Crippen LogP contribution in [0.25, 0.3) is 21.5 Å². The maximum absolute atomic E-state index is 12.5. The molecule has 2 aliphatic heterocycles. The summed E-state index contributed by atoms with van der Waals surface area (Å²) in [5, 5.41) is 16.3. The lowest BCUT2D eigenvalue weighted by molar-refractivity contribution is -0.157. The molecule has 57 heavy (non-hydrogen) atoms. The summed E-state index contributed by atoms with van der Waals surface area (Å²) in [6, 6.07) is 28.4. The van der Waals surface area contributed by atoms with Gasteiger partial charge in [-0.2, -0.15) is 0 Å². The summed E-state index contributed by atoms with van der Waals surface area (Å²) in [7, 11) is 0. The first kappa shape index (κ1) is 38.2. The largest absolute Gasteiger partial charge is 0.454 e. The van der Waals surface area contributed by atoms with Crippen LogP contribution in [0, 0.1) is 34.5 Å². The maximum atomic E-state index is 12.5. The van der Waals surface area contributed by atoms with E-state index in [1.165, 1.54) is 62.3 Å². The highest BCUT2D eigenvalue weighted by Crippen LogP contribution is 2.55. The van der Waals surface area contributed by atoms with E-state index in [9.17, 15) is 14.7 Å². The van der Waals surface area contributed by atoms with Crippen molar-refractivity contribution in [1.29, 1.82) is 0 Å². The minimum absolute atomic E-state index is 0.0291. The van der Waals surface area contributed by atoms with Gasteiger partial charge < -0.3 is 24.1 Å². The quantitative estimate of drug-likeness (QED) is 0.154. The Hall–Kier alpha value is -4.36. The summed E-state index contributed by atoms with van der Waals surface area (Å²) in [5.74, 6) is 0.931. The average molecular weight is 771 g/mol. The summed E-state index contributed by atoms with van der Waals surface area (Å²) >= 11 is 0. The molecule has 300 valence electrons. The topological polar surface area (TPSA) is 91.3 Å². The number of carbonyl (C=O) groups excluding carboxylic acids is 2. The molecule has 2 heterocycles. The van der Waals surface area contributed by atoms with Crippen LogP contribution in [0.5, 0.6) is 11.5 Å². The summed E-state index contributed by atoms with van der Waals surface area (Å²) in [5.41, 5.74) is 1.00. The first-order valence-corrected chi connectivity index (χ1v) is 21.8. The molecule has 4 aliphatic carbocycles. The average Bonchev–Trinajstić information content (AvgIpc) is 3.71. The van der Waals surface area contributed by atoms with Crippen LogP contribution in [-0.2, 0) is 19.1 Å². The molecule has 0 amide bonds. The van der Waals surface area contributed by atoms with E-state index in [-0.39, 0.29) is 41.0 Å². The number of fused-ring (bicyclic) bond motifs is 4. The van der Waals surface area contributed by atoms with Gasteiger partial charge in [-0.25, -0.2) is 0 Å². The van der Waals surface area contributed by atoms with Gasteiger partial charge >= 0.3 is 11.9 Å². The molecule has 3 saturated carbocycles. The smallest absolute Gasteiger partial charge is 0.312 e. The second-order valence-corrected chi connectivity index (χ2v) is 18.6. The lowest BCUT2D eigenvalue weighted by Gasteiger charge is -2.51. The van der Waals surface area contributed by atoms with E-state index in [0.29, 0.717) is 30.4 Å². The second-order valence-electron chi connectivity index (χ2n) is 18.6. The Kier molecular flexibility index (Phi) is 10.3. The van der Waals surface area contributed by atoms with Crippen molar-refractivity contribution in [3.63, 3.8) is 0 Å². The van der Waals surface area contributed by atoms with Crippen LogP contribution >= 0.6 is 0 Å². The van der Waals surface area contributed by atoms with E-state index in [4.69, 9.17) is 18.9 Å². The van der Waals surface area contributed by atoms with Crippen molar-refractivity contribution >= 4 is 33.5 Å². The molecule has 10 rings (SSSR count). The number of rotatable bonds is 6. The molecule has 7 heteroatoms. The van der Waals surface area contributed by atoms with Gasteiger partial charge in [0.1, 0.15) is 11.5 Å². The Balaban J connectivity index is 0.000000148. The Bertz CT molecular complexity index is 2140. The number of hydrogen-bond donors (Lipinski definition) is 1. The molecule has 4 aromatic carbocycles. The van der Waals surface area contributed by atoms with Gasteiger partial charge in [0, 0.05) is 5.92 Å². The molecule has 0 aromatic heterocycles. The molecule has 1 N–H and O–H groups in total. The fraction of sp³-hybridized carbons (Fsp3) is 0.520. The third-order valence-corrected chi connectivity index (χ3v) is 15.0. The third kappa shape index (κ3) is 7.46. The molecule has 4 aromatic rings. The van der Waals surface area contributed by atoms with E-state index in [0.717, 1.165) is 47.6 Å². The van der Waals surface area contributed by atoms with Crippen LogP contribution in [0.4, 0.5) is 0 Å². The number of allylic oxidation sites excluding steroid dienone is 1. The van der Waals surface area contributed by atoms with E-state index >= 15 is 0 Å². The number of cyclic esters (lactones) is 2. The minimum atomic E-state index is -0.742. The number of carbonyl (C=O) groups is 2. The van der Waals surface area contributed by atoms with Gasteiger partial charge in [-0.15, -0.1) is 0 Å². The summed E-state index contributed by atoms with van der Waals surface area (Å²) in [4.78, 5) is 25.0. The van der Waals surface area contributed by atoms with Crippen molar-refractivity contribution in [2.45, 2.75) is 128 Å². The number of hydrogen-bond acceptors (Lipinski definition) is 7. The molecule has 2 saturated heterocycles. The molecule has 5 fully saturated rings. The van der Waals surface area contributed by atoms with Gasteiger partial charge in [-0.05, 0) is 114 Å². The molecule has 0 unspecified atom stereocenters. The number of benzene rings is 4. The van der Waals surface area contributed by atoms with E-state index in [2.05, 4.69) is 50.3 Å². The molecule has 7 atom stereocenters. The van der Waals surface area contributed by atoms with Crippen molar-refractivity contribution in [2.24, 2.45) is 34.5 Å². The van der Waals surface area contributed by atoms with Gasteiger partial charge in [0.25, 0.3) is 6.29 Å². The highest BCUT2D eigenvalue weighted by atomic mass is 16.7. The lowest BCUT2D eigenvalue weighted by Crippen LogP contribution is -2.53. The first-order chi connectivity index (χ1) is 27.6. The van der Waals surface area contributed by atoms with Crippen LogP contribution < -0.4 is 9.47 Å². The van der Waals surface area contributed by atoms with E-state index < -0.39 is 18.2 Å². The van der Waals surface area contributed by atoms with Crippen molar-refractivity contribution in [3.8, 4) is 11.5 Å². The Labute approximate surface area is 337 Å². The molecular weight excluding hydrogens is 713 g/mol. The molecule has 6 aliphatic rings. The zero-order valence-electron chi connectivity index (χ0n) is 33.6. The van der Waals surface area contributed by atoms with Crippen LogP contribution in [0.2, 0.25) is 0 Å². The summed E-state index contributed by atoms with van der Waals surface area (Å²) < 4.78 is 23.7. The monoisotopic (exact) mass is 770 g/mol. The maximum Gasteiger partial charge on any atom is 0.312 e. The van der Waals surface area contributed by atoms with Gasteiger partial charge in [-0.1, -0.05) is 125 Å². The van der Waals surface area contributed by atoms with Gasteiger partial charge in [0.2, 0.25) is 6.29 Å². The minimum Gasteiger partial charge on any atom is -0.454 e. The Morgan fingerprint density at radius 3 is 1.79 bits per heavy atom. The highest BCUT2D eigenvalue weighted by molar-refractivity contribution is 5.84. The first-order valence-electron chi connectivity index (χ1n) is 21.8. The third-order valence-electron chi connectivity index (χ3n) is 15.0. The fourth-order valence-corrected chi connectivity index (χ4v) is 11.3. The predicted molar refractivity (Wildman–Crippen MR) is 221 cm³/mol. The van der Waals surface area contributed by atoms with Gasteiger partial charge in [0.15, 0.2) is 0 Å². The number of aliphatic hydroxyl groups is 1. The molecular formula is C50H58O7. The molecule has 0 spiro atoms. The standard InChI is InChI=1S/C25H30O4.C25H28O3/c1-24(12-5-2-6-13-24)25(27)14-11-20-21(16-25)23(29-22(20)26)28-19-10-9-17-7-3-4-8-18(17)15-19;1-25(13-5-2-6-14-25)19-10-12-21-22(16-19)24(28-23(21)26)27-20-11-9-17-7-3-4-8-18(17)15-20/h3-4,7-10,15,20-21,23,27H,2,5-6,11-14,16H2,1H3;3-4,7-9,11,15-16,21-22,24H,2,5-6,10,12-14H2,1H3/t20-,21+,23+,25-;21-,22+,24+/m00/s1. The lowest BCUT2D eigenvalue weighted by atomic mass is 9.57. The van der Waals surface area contributed by atoms with Crippen LogP contribution in [0.15, 0.2) is 96.6 Å². The van der Waals surface area contributed by atoms with Crippen LogP contribution in [0.3, 0.4) is 0 Å². The SMILES string of the molecule is CC1(C2=C[C@H]3[C@H](Oc4ccc5ccccc5c4)OC(=O)[C@H]3CC2)CCCCC1.CC1([C@]2(O)CC[C@@H]3C(=O)O[C@@H](Oc4ccc5ccccc5c4)[C@@H]3C2)CCCCC1. The Morgan fingerprint density at radius 2 is 1.16 bits per heavy atom. The van der Waals surface area contributed by atoms with Crippen molar-refractivity contribution in [2.75, 3.05) is 0 Å². The van der Waals surface area contributed by atoms with E-state index in [1.54, 1.807) is 0 Å². The van der Waals surface area contributed by atoms with E-state index in [1.807, 2.05) is 54.6 Å². The van der Waals surface area contributed by atoms with Gasteiger partial charge in [0.05, 0.1) is 23.4 Å². The molecule has 7 nitrogen and oxygen atoms in total. The van der Waals surface area contributed by atoms with Crippen molar-refractivity contribution in [3.05, 3.63) is 96.6 Å². The number of esters is 2. The normalized spacial score (nSPS) is 31.5. The second kappa shape index (κ2) is 15.4. The van der Waals surface area contributed by atoms with Crippen LogP contribution in [0.1, 0.15) is 110 Å². The highest BCUT2D eigenvalue weighted by Gasteiger charge is 2.58.